The van der Waals surface area contributed by atoms with E-state index in [4.69, 9.17) is 17.2 Å². The second-order valence-corrected chi connectivity index (χ2v) is 8.30. The Morgan fingerprint density at radius 1 is 1.06 bits per heavy atom. The summed E-state index contributed by atoms with van der Waals surface area (Å²) in [5.41, 5.74) is 17.1. The van der Waals surface area contributed by atoms with Gasteiger partial charge in [-0.2, -0.15) is 0 Å². The normalized spacial score (nSPS) is 17.3. The number of hydrogen-bond acceptors (Lipinski definition) is 4. The third-order valence-electron chi connectivity index (χ3n) is 5.68. The van der Waals surface area contributed by atoms with Gasteiger partial charge in [0.1, 0.15) is 0 Å². The molecule has 1 aromatic rings. The largest absolute Gasteiger partial charge is 0.370 e. The standard InChI is InChI=1S/C23H36N6O3.ClH/c24-20(30)15-18-14-19(16-28-21(31)11-5-2-6-12-27-23(25)26)29(22(18)32)13-7-10-17-8-3-1-4-9-17;/h1,3-4,8-9,18-19H,2,5-7,10-16H2,(H2,24,30)(H,28,31)(H4,25,26,27);1H/t18-,19-;/m0./s1. The first kappa shape index (κ1) is 28.2. The molecular formula is C23H37ClN6O3. The van der Waals surface area contributed by atoms with Crippen LogP contribution in [0.1, 0.15) is 50.5 Å². The van der Waals surface area contributed by atoms with Gasteiger partial charge in [-0.1, -0.05) is 36.8 Å². The van der Waals surface area contributed by atoms with Crippen LogP contribution in [0.5, 0.6) is 0 Å². The molecule has 0 saturated carbocycles. The summed E-state index contributed by atoms with van der Waals surface area (Å²) in [7, 11) is 0. The van der Waals surface area contributed by atoms with Crippen molar-refractivity contribution in [3.8, 4) is 0 Å². The summed E-state index contributed by atoms with van der Waals surface area (Å²) in [6.07, 6.45) is 5.12. The fourth-order valence-corrected chi connectivity index (χ4v) is 4.07. The van der Waals surface area contributed by atoms with E-state index in [-0.39, 0.29) is 42.6 Å². The molecule has 1 saturated heterocycles. The monoisotopic (exact) mass is 480 g/mol. The van der Waals surface area contributed by atoms with Gasteiger partial charge in [-0.3, -0.25) is 19.4 Å². The second kappa shape index (κ2) is 15.1. The molecule has 9 nitrogen and oxygen atoms in total. The summed E-state index contributed by atoms with van der Waals surface area (Å²) >= 11 is 0. The Kier molecular flexibility index (Phi) is 12.9. The van der Waals surface area contributed by atoms with Gasteiger partial charge in [-0.25, -0.2) is 0 Å². The van der Waals surface area contributed by atoms with Gasteiger partial charge in [0.2, 0.25) is 17.7 Å². The number of carbonyl (C=O) groups excluding carboxylic acids is 3. The highest BCUT2D eigenvalue weighted by atomic mass is 35.5. The van der Waals surface area contributed by atoms with E-state index in [1.165, 1.54) is 5.56 Å². The average Bonchev–Trinajstić information content (AvgIpc) is 3.04. The van der Waals surface area contributed by atoms with Gasteiger partial charge >= 0.3 is 0 Å². The lowest BCUT2D eigenvalue weighted by Crippen LogP contribution is -2.42. The molecule has 2 atom stereocenters. The number of guanidine groups is 1. The fourth-order valence-electron chi connectivity index (χ4n) is 4.07. The van der Waals surface area contributed by atoms with Crippen LogP contribution >= 0.6 is 12.4 Å². The highest BCUT2D eigenvalue weighted by molar-refractivity contribution is 5.87. The van der Waals surface area contributed by atoms with Crippen LogP contribution in [-0.4, -0.2) is 54.3 Å². The van der Waals surface area contributed by atoms with E-state index >= 15 is 0 Å². The van der Waals surface area contributed by atoms with Crippen molar-refractivity contribution in [2.24, 2.45) is 28.1 Å². The lowest BCUT2D eigenvalue weighted by Gasteiger charge is -2.25. The summed E-state index contributed by atoms with van der Waals surface area (Å²) in [5, 5.41) is 2.95. The van der Waals surface area contributed by atoms with Gasteiger partial charge in [0, 0.05) is 44.4 Å². The van der Waals surface area contributed by atoms with Crippen LogP contribution in [0.2, 0.25) is 0 Å². The molecule has 0 bridgehead atoms. The second-order valence-electron chi connectivity index (χ2n) is 8.30. The van der Waals surface area contributed by atoms with Crippen molar-refractivity contribution in [3.63, 3.8) is 0 Å². The van der Waals surface area contributed by atoms with Gasteiger partial charge in [0.05, 0.1) is 0 Å². The van der Waals surface area contributed by atoms with E-state index in [0.717, 1.165) is 32.1 Å². The predicted octanol–water partition coefficient (Wildman–Crippen LogP) is 1.08. The van der Waals surface area contributed by atoms with E-state index in [9.17, 15) is 14.4 Å². The summed E-state index contributed by atoms with van der Waals surface area (Å²) in [4.78, 5) is 42.2. The molecule has 1 aliphatic rings. The van der Waals surface area contributed by atoms with Gasteiger partial charge in [0.15, 0.2) is 5.96 Å². The Balaban J connectivity index is 0.00000544. The van der Waals surface area contributed by atoms with Gasteiger partial charge in [-0.05, 0) is 37.7 Å². The molecule has 0 radical (unpaired) electrons. The first-order valence-electron chi connectivity index (χ1n) is 11.3. The van der Waals surface area contributed by atoms with Crippen molar-refractivity contribution in [3.05, 3.63) is 35.9 Å². The Bertz CT molecular complexity index is 786. The molecular weight excluding hydrogens is 444 g/mol. The number of hydrogen-bond donors (Lipinski definition) is 4. The molecule has 1 aromatic carbocycles. The van der Waals surface area contributed by atoms with E-state index < -0.39 is 11.8 Å². The van der Waals surface area contributed by atoms with E-state index in [2.05, 4.69) is 22.4 Å². The van der Waals surface area contributed by atoms with Gasteiger partial charge in [-0.15, -0.1) is 12.4 Å². The Morgan fingerprint density at radius 2 is 1.79 bits per heavy atom. The highest BCUT2D eigenvalue weighted by Gasteiger charge is 2.39. The number of nitrogens with one attached hydrogen (secondary N) is 1. The zero-order valence-corrected chi connectivity index (χ0v) is 19.9. The number of carbonyl (C=O) groups is 3. The summed E-state index contributed by atoms with van der Waals surface area (Å²) < 4.78 is 0. The molecule has 33 heavy (non-hydrogen) atoms. The van der Waals surface area contributed by atoms with Crippen molar-refractivity contribution >= 4 is 36.1 Å². The number of rotatable bonds is 14. The number of aryl methyl sites for hydroxylation is 1. The van der Waals surface area contributed by atoms with Crippen molar-refractivity contribution in [2.45, 2.75) is 57.4 Å². The Labute approximate surface area is 201 Å². The van der Waals surface area contributed by atoms with Crippen molar-refractivity contribution < 1.29 is 14.4 Å². The quantitative estimate of drug-likeness (QED) is 0.178. The van der Waals surface area contributed by atoms with Crippen LogP contribution in [0, 0.1) is 5.92 Å². The lowest BCUT2D eigenvalue weighted by atomic mass is 10.0. The van der Waals surface area contributed by atoms with Gasteiger partial charge < -0.3 is 27.4 Å². The topological polar surface area (TPSA) is 157 Å². The minimum atomic E-state index is -0.474. The first-order chi connectivity index (χ1) is 15.4. The molecule has 3 amide bonds. The number of amides is 3. The third kappa shape index (κ3) is 10.6. The minimum Gasteiger partial charge on any atom is -0.370 e. The predicted molar refractivity (Wildman–Crippen MR) is 132 cm³/mol. The number of nitrogens with zero attached hydrogens (tertiary/aromatic N) is 2. The van der Waals surface area contributed by atoms with Crippen LogP contribution in [0.25, 0.3) is 0 Å². The molecule has 1 fully saturated rings. The number of aliphatic imine (C=N–C) groups is 1. The van der Waals surface area contributed by atoms with Crippen molar-refractivity contribution in [2.75, 3.05) is 19.6 Å². The summed E-state index contributed by atoms with van der Waals surface area (Å²) in [6.45, 7) is 1.54. The number of primary amides is 1. The molecule has 7 N–H and O–H groups in total. The van der Waals surface area contributed by atoms with Crippen LogP contribution in [-0.2, 0) is 20.8 Å². The third-order valence-corrected chi connectivity index (χ3v) is 5.68. The van der Waals surface area contributed by atoms with Crippen LogP contribution in [0.4, 0.5) is 0 Å². The smallest absolute Gasteiger partial charge is 0.226 e. The number of halogens is 1. The molecule has 1 heterocycles. The molecule has 0 aliphatic carbocycles. The zero-order chi connectivity index (χ0) is 23.3. The highest BCUT2D eigenvalue weighted by Crippen LogP contribution is 2.27. The SMILES string of the molecule is Cl.NC(=O)C[C@@H]1C[C@@H](CNC(=O)CCCCCN=C(N)N)N(CCCc2ccccc2)C1=O. The molecule has 184 valence electrons. The van der Waals surface area contributed by atoms with Crippen LogP contribution < -0.4 is 22.5 Å². The maximum atomic E-state index is 12.8. The molecule has 10 heteroatoms. The van der Waals surface area contributed by atoms with E-state index in [0.29, 0.717) is 32.5 Å². The van der Waals surface area contributed by atoms with Gasteiger partial charge in [0.25, 0.3) is 0 Å². The number of unbranched alkanes of at least 4 members (excludes halogenated alkanes) is 2. The molecule has 2 rings (SSSR count). The fraction of sp³-hybridized carbons (Fsp3) is 0.565. The molecule has 0 aromatic heterocycles. The Morgan fingerprint density at radius 3 is 2.45 bits per heavy atom. The average molecular weight is 481 g/mol. The number of benzene rings is 1. The van der Waals surface area contributed by atoms with E-state index in [1.807, 2.05) is 23.1 Å². The number of likely N-dealkylation sites (tertiary alicyclic amines) is 1. The maximum Gasteiger partial charge on any atom is 0.226 e. The zero-order valence-electron chi connectivity index (χ0n) is 19.1. The van der Waals surface area contributed by atoms with Crippen molar-refractivity contribution in [1.82, 2.24) is 10.2 Å². The molecule has 1 aliphatic heterocycles. The number of nitrogens with two attached hydrogens (primary N) is 3. The maximum absolute atomic E-state index is 12.8. The molecule has 0 unspecified atom stereocenters. The van der Waals surface area contributed by atoms with Crippen LogP contribution in [0.3, 0.4) is 0 Å². The van der Waals surface area contributed by atoms with E-state index in [1.54, 1.807) is 0 Å². The summed E-state index contributed by atoms with van der Waals surface area (Å²) in [6, 6.07) is 9.99. The Hall–Kier alpha value is -2.81. The lowest BCUT2D eigenvalue weighted by molar-refractivity contribution is -0.134. The summed E-state index contributed by atoms with van der Waals surface area (Å²) in [5.74, 6) is -0.880. The van der Waals surface area contributed by atoms with Crippen molar-refractivity contribution in [1.29, 1.82) is 0 Å². The molecule has 0 spiro atoms. The minimum absolute atomic E-state index is 0. The first-order valence-corrected chi connectivity index (χ1v) is 11.3. The van der Waals surface area contributed by atoms with Crippen LogP contribution in [0.15, 0.2) is 35.3 Å².